The van der Waals surface area contributed by atoms with E-state index in [4.69, 9.17) is 5.73 Å². The molecule has 1 aromatic carbocycles. The molecule has 0 fully saturated rings. The second kappa shape index (κ2) is 5.68. The van der Waals surface area contributed by atoms with Crippen LogP contribution in [0.3, 0.4) is 0 Å². The molecule has 0 radical (unpaired) electrons. The average molecular weight is 236 g/mol. The van der Waals surface area contributed by atoms with Gasteiger partial charge in [-0.15, -0.1) is 0 Å². The number of carbonyl (C=O) groups is 1. The van der Waals surface area contributed by atoms with E-state index in [9.17, 15) is 9.90 Å². The molecule has 4 nitrogen and oxygen atoms in total. The predicted molar refractivity (Wildman–Crippen MR) is 68.0 cm³/mol. The SMILES string of the molecule is Cc1ccc(O)c(C(=O)NC(C)C(C)CN)c1. The molecule has 0 heterocycles. The van der Waals surface area contributed by atoms with Crippen LogP contribution in [0.15, 0.2) is 18.2 Å². The third-order valence-corrected chi connectivity index (χ3v) is 2.98. The monoisotopic (exact) mass is 236 g/mol. The lowest BCUT2D eigenvalue weighted by molar-refractivity contribution is 0.0927. The van der Waals surface area contributed by atoms with Crippen LogP contribution in [0, 0.1) is 12.8 Å². The van der Waals surface area contributed by atoms with Gasteiger partial charge in [-0.25, -0.2) is 0 Å². The van der Waals surface area contributed by atoms with E-state index < -0.39 is 0 Å². The molecule has 2 atom stereocenters. The Kier molecular flexibility index (Phi) is 4.52. The summed E-state index contributed by atoms with van der Waals surface area (Å²) < 4.78 is 0. The maximum atomic E-state index is 11.9. The van der Waals surface area contributed by atoms with Crippen LogP contribution < -0.4 is 11.1 Å². The van der Waals surface area contributed by atoms with Crippen molar-refractivity contribution in [2.24, 2.45) is 11.7 Å². The summed E-state index contributed by atoms with van der Waals surface area (Å²) in [5.74, 6) is -0.0643. The molecule has 0 spiro atoms. The van der Waals surface area contributed by atoms with Gasteiger partial charge in [0, 0.05) is 6.04 Å². The van der Waals surface area contributed by atoms with Crippen LogP contribution in [0.4, 0.5) is 0 Å². The maximum absolute atomic E-state index is 11.9. The van der Waals surface area contributed by atoms with Crippen LogP contribution in [0.5, 0.6) is 5.75 Å². The van der Waals surface area contributed by atoms with E-state index in [2.05, 4.69) is 5.32 Å². The first-order valence-electron chi connectivity index (χ1n) is 5.76. The number of amides is 1. The molecule has 1 amide bonds. The van der Waals surface area contributed by atoms with Gasteiger partial charge in [0.15, 0.2) is 0 Å². The minimum Gasteiger partial charge on any atom is -0.507 e. The van der Waals surface area contributed by atoms with Crippen LogP contribution in [0.2, 0.25) is 0 Å². The summed E-state index contributed by atoms with van der Waals surface area (Å²) in [7, 11) is 0. The molecule has 1 rings (SSSR count). The Balaban J connectivity index is 2.79. The highest BCUT2D eigenvalue weighted by Crippen LogP contribution is 2.18. The highest BCUT2D eigenvalue weighted by Gasteiger charge is 2.16. The van der Waals surface area contributed by atoms with Gasteiger partial charge in [-0.2, -0.15) is 0 Å². The van der Waals surface area contributed by atoms with E-state index in [1.54, 1.807) is 12.1 Å². The Hall–Kier alpha value is -1.55. The van der Waals surface area contributed by atoms with Crippen molar-refractivity contribution >= 4 is 5.91 Å². The van der Waals surface area contributed by atoms with Gasteiger partial charge in [-0.05, 0) is 38.4 Å². The molecule has 0 saturated heterocycles. The van der Waals surface area contributed by atoms with Crippen molar-refractivity contribution in [3.05, 3.63) is 29.3 Å². The summed E-state index contributed by atoms with van der Waals surface area (Å²) in [4.78, 5) is 11.9. The molecule has 0 aliphatic rings. The van der Waals surface area contributed by atoms with E-state index in [1.807, 2.05) is 20.8 Å². The Morgan fingerprint density at radius 2 is 2.12 bits per heavy atom. The molecular weight excluding hydrogens is 216 g/mol. The number of nitrogens with one attached hydrogen (secondary N) is 1. The zero-order chi connectivity index (χ0) is 13.0. The molecule has 17 heavy (non-hydrogen) atoms. The number of nitrogens with two attached hydrogens (primary N) is 1. The summed E-state index contributed by atoms with van der Waals surface area (Å²) in [6.45, 7) is 6.27. The standard InChI is InChI=1S/C13H20N2O2/c1-8-4-5-12(16)11(6-8)13(17)15-10(3)9(2)7-14/h4-6,9-10,16H,7,14H2,1-3H3,(H,15,17). The van der Waals surface area contributed by atoms with Crippen molar-refractivity contribution in [2.45, 2.75) is 26.8 Å². The number of aromatic hydroxyl groups is 1. The molecule has 0 aliphatic carbocycles. The van der Waals surface area contributed by atoms with Crippen molar-refractivity contribution in [1.29, 1.82) is 0 Å². The lowest BCUT2D eigenvalue weighted by atomic mass is 10.0. The third-order valence-electron chi connectivity index (χ3n) is 2.98. The van der Waals surface area contributed by atoms with Gasteiger partial charge in [0.05, 0.1) is 5.56 Å². The summed E-state index contributed by atoms with van der Waals surface area (Å²) in [5.41, 5.74) is 6.78. The lowest BCUT2D eigenvalue weighted by Gasteiger charge is -2.20. The zero-order valence-electron chi connectivity index (χ0n) is 10.5. The predicted octanol–water partition coefficient (Wildman–Crippen LogP) is 1.41. The Bertz CT molecular complexity index is 404. The van der Waals surface area contributed by atoms with Crippen LogP contribution in [-0.2, 0) is 0 Å². The van der Waals surface area contributed by atoms with E-state index in [-0.39, 0.29) is 23.6 Å². The van der Waals surface area contributed by atoms with Crippen molar-refractivity contribution in [1.82, 2.24) is 5.32 Å². The lowest BCUT2D eigenvalue weighted by Crippen LogP contribution is -2.39. The number of carbonyl (C=O) groups excluding carboxylic acids is 1. The van der Waals surface area contributed by atoms with Gasteiger partial charge in [-0.1, -0.05) is 18.6 Å². The van der Waals surface area contributed by atoms with Crippen molar-refractivity contribution < 1.29 is 9.90 Å². The zero-order valence-corrected chi connectivity index (χ0v) is 10.5. The summed E-state index contributed by atoms with van der Waals surface area (Å²) in [6, 6.07) is 4.94. The highest BCUT2D eigenvalue weighted by molar-refractivity contribution is 5.97. The first-order chi connectivity index (χ1) is 7.95. The third kappa shape index (κ3) is 3.46. The Morgan fingerprint density at radius 1 is 1.47 bits per heavy atom. The van der Waals surface area contributed by atoms with Gasteiger partial charge >= 0.3 is 0 Å². The number of hydrogen-bond acceptors (Lipinski definition) is 3. The van der Waals surface area contributed by atoms with Crippen molar-refractivity contribution in [2.75, 3.05) is 6.54 Å². The number of rotatable bonds is 4. The van der Waals surface area contributed by atoms with Crippen LogP contribution in [0.25, 0.3) is 0 Å². The number of benzene rings is 1. The number of phenols is 1. The van der Waals surface area contributed by atoms with Gasteiger partial charge in [0.25, 0.3) is 5.91 Å². The fourth-order valence-corrected chi connectivity index (χ4v) is 1.46. The number of hydrogen-bond donors (Lipinski definition) is 3. The summed E-state index contributed by atoms with van der Waals surface area (Å²) >= 11 is 0. The van der Waals surface area contributed by atoms with Gasteiger partial charge in [-0.3, -0.25) is 4.79 Å². The first kappa shape index (κ1) is 13.5. The molecule has 4 N–H and O–H groups in total. The van der Waals surface area contributed by atoms with Gasteiger partial charge in [0.2, 0.25) is 0 Å². The Morgan fingerprint density at radius 3 is 2.71 bits per heavy atom. The molecule has 94 valence electrons. The van der Waals surface area contributed by atoms with Crippen LogP contribution in [0.1, 0.15) is 29.8 Å². The number of phenolic OH excluding ortho intramolecular Hbond substituents is 1. The molecule has 0 bridgehead atoms. The molecule has 0 aromatic heterocycles. The van der Waals surface area contributed by atoms with Crippen LogP contribution in [-0.4, -0.2) is 23.6 Å². The topological polar surface area (TPSA) is 75.3 Å². The Labute approximate surface area is 102 Å². The molecule has 0 saturated carbocycles. The van der Waals surface area contributed by atoms with Crippen LogP contribution >= 0.6 is 0 Å². The number of aryl methyl sites for hydroxylation is 1. The second-order valence-electron chi connectivity index (χ2n) is 4.50. The fourth-order valence-electron chi connectivity index (χ4n) is 1.46. The molecule has 2 unspecified atom stereocenters. The maximum Gasteiger partial charge on any atom is 0.255 e. The first-order valence-corrected chi connectivity index (χ1v) is 5.76. The minimum absolute atomic E-state index is 0.000650. The molecule has 1 aromatic rings. The highest BCUT2D eigenvalue weighted by atomic mass is 16.3. The van der Waals surface area contributed by atoms with E-state index in [1.165, 1.54) is 6.07 Å². The molecule has 4 heteroatoms. The minimum atomic E-state index is -0.265. The van der Waals surface area contributed by atoms with E-state index in [0.29, 0.717) is 12.1 Å². The largest absolute Gasteiger partial charge is 0.507 e. The van der Waals surface area contributed by atoms with Gasteiger partial charge in [0.1, 0.15) is 5.75 Å². The summed E-state index contributed by atoms with van der Waals surface area (Å²) in [6.07, 6.45) is 0. The summed E-state index contributed by atoms with van der Waals surface area (Å²) in [5, 5.41) is 12.5. The van der Waals surface area contributed by atoms with E-state index in [0.717, 1.165) is 5.56 Å². The second-order valence-corrected chi connectivity index (χ2v) is 4.50. The molecule has 0 aliphatic heterocycles. The van der Waals surface area contributed by atoms with Gasteiger partial charge < -0.3 is 16.2 Å². The quantitative estimate of drug-likeness (QED) is 0.740. The van der Waals surface area contributed by atoms with Crippen molar-refractivity contribution in [3.63, 3.8) is 0 Å². The smallest absolute Gasteiger partial charge is 0.255 e. The van der Waals surface area contributed by atoms with Crippen molar-refractivity contribution in [3.8, 4) is 5.75 Å². The average Bonchev–Trinajstić information content (AvgIpc) is 2.30. The molecular formula is C13H20N2O2. The normalized spacial score (nSPS) is 14.1. The fraction of sp³-hybridized carbons (Fsp3) is 0.462. The van der Waals surface area contributed by atoms with E-state index >= 15 is 0 Å².